The van der Waals surface area contributed by atoms with Crippen LogP contribution in [0.4, 0.5) is 0 Å². The van der Waals surface area contributed by atoms with Gasteiger partial charge in [-0.05, 0) is 87.8 Å². The number of rotatable bonds is 4. The van der Waals surface area contributed by atoms with E-state index in [0.29, 0.717) is 5.92 Å². The zero-order valence-corrected chi connectivity index (χ0v) is 20.7. The molecule has 0 fully saturated rings. The summed E-state index contributed by atoms with van der Waals surface area (Å²) in [5.74, 6) is 0.445. The van der Waals surface area contributed by atoms with Gasteiger partial charge < -0.3 is 0 Å². The van der Waals surface area contributed by atoms with Crippen molar-refractivity contribution in [3.63, 3.8) is 0 Å². The molecule has 4 aromatic rings. The monoisotopic (exact) mass is 540 g/mol. The number of hydrogen-bond donors (Lipinski definition) is 0. The lowest BCUT2D eigenvalue weighted by atomic mass is 9.89. The Bertz CT molecular complexity index is 1230. The average molecular weight is 542 g/mol. The van der Waals surface area contributed by atoms with E-state index in [1.54, 1.807) is 0 Å². The first-order chi connectivity index (χ1) is 15.7. The smallest absolute Gasteiger partial charge is 0.0175 e. The number of allylic oxidation sites excluding steroid dienone is 4. The Hall–Kier alpha value is -2.68. The van der Waals surface area contributed by atoms with Gasteiger partial charge in [0.05, 0.1) is 0 Å². The zero-order chi connectivity index (χ0) is 21.9. The van der Waals surface area contributed by atoms with Gasteiger partial charge in [0.25, 0.3) is 0 Å². The molecule has 0 aliphatic heterocycles. The summed E-state index contributed by atoms with van der Waals surface area (Å²) in [5.41, 5.74) is 8.72. The average Bonchev–Trinajstić information content (AvgIpc) is 2.85. The highest BCUT2D eigenvalue weighted by Crippen LogP contribution is 2.35. The van der Waals surface area contributed by atoms with Crippen LogP contribution in [0.5, 0.6) is 0 Å². The van der Waals surface area contributed by atoms with E-state index in [2.05, 4.69) is 147 Å². The molecule has 0 radical (unpaired) electrons. The summed E-state index contributed by atoms with van der Waals surface area (Å²) < 4.78 is 2.18. The second-order valence-corrected chi connectivity index (χ2v) is 9.92. The molecular formula is C30H22Br2. The van der Waals surface area contributed by atoms with Gasteiger partial charge >= 0.3 is 0 Å². The van der Waals surface area contributed by atoms with Crippen molar-refractivity contribution in [1.82, 2.24) is 0 Å². The van der Waals surface area contributed by atoms with Gasteiger partial charge in [0.2, 0.25) is 0 Å². The number of halogens is 2. The summed E-state index contributed by atoms with van der Waals surface area (Å²) in [7, 11) is 0. The predicted octanol–water partition coefficient (Wildman–Crippen LogP) is 9.81. The fourth-order valence-electron chi connectivity index (χ4n) is 4.19. The van der Waals surface area contributed by atoms with E-state index in [0.717, 1.165) is 15.4 Å². The van der Waals surface area contributed by atoms with Gasteiger partial charge in [0, 0.05) is 14.9 Å². The predicted molar refractivity (Wildman–Crippen MR) is 144 cm³/mol. The first-order valence-electron chi connectivity index (χ1n) is 10.8. The third-order valence-corrected chi connectivity index (χ3v) is 6.97. The van der Waals surface area contributed by atoms with Gasteiger partial charge in [-0.15, -0.1) is 0 Å². The Labute approximate surface area is 206 Å². The Morgan fingerprint density at radius 3 is 1.62 bits per heavy atom. The topological polar surface area (TPSA) is 0 Å². The normalized spacial score (nSPS) is 15.1. The minimum Gasteiger partial charge on any atom is -0.0836 e. The van der Waals surface area contributed by atoms with E-state index in [4.69, 9.17) is 0 Å². The molecular weight excluding hydrogens is 520 g/mol. The Morgan fingerprint density at radius 2 is 1.09 bits per heavy atom. The van der Waals surface area contributed by atoms with Crippen molar-refractivity contribution in [3.05, 3.63) is 130 Å². The molecule has 0 amide bonds. The third kappa shape index (κ3) is 4.72. The van der Waals surface area contributed by atoms with Crippen molar-refractivity contribution >= 4 is 31.9 Å². The maximum absolute atomic E-state index is 3.56. The highest BCUT2D eigenvalue weighted by atomic mass is 79.9. The quantitative estimate of drug-likeness (QED) is 0.241. The van der Waals surface area contributed by atoms with Crippen LogP contribution in [0.15, 0.2) is 124 Å². The van der Waals surface area contributed by atoms with Gasteiger partial charge in [-0.1, -0.05) is 105 Å². The molecule has 0 spiro atoms. The lowest BCUT2D eigenvalue weighted by Crippen LogP contribution is -1.96. The van der Waals surface area contributed by atoms with Crippen molar-refractivity contribution in [3.8, 4) is 33.4 Å². The van der Waals surface area contributed by atoms with E-state index < -0.39 is 0 Å². The molecule has 0 saturated heterocycles. The minimum absolute atomic E-state index is 0.445. The third-order valence-electron chi connectivity index (χ3n) is 5.92. The molecule has 1 atom stereocenters. The summed E-state index contributed by atoms with van der Waals surface area (Å²) >= 11 is 7.12. The lowest BCUT2D eigenvalue weighted by Gasteiger charge is -2.16. The maximum Gasteiger partial charge on any atom is 0.0175 e. The molecule has 32 heavy (non-hydrogen) atoms. The number of benzene rings is 4. The van der Waals surface area contributed by atoms with Gasteiger partial charge in [0.1, 0.15) is 0 Å². The van der Waals surface area contributed by atoms with E-state index in [1.807, 2.05) is 0 Å². The van der Waals surface area contributed by atoms with Crippen LogP contribution in [-0.4, -0.2) is 0 Å². The Kier molecular flexibility index (Phi) is 6.25. The van der Waals surface area contributed by atoms with Crippen molar-refractivity contribution < 1.29 is 0 Å². The molecule has 5 rings (SSSR count). The molecule has 0 heterocycles. The van der Waals surface area contributed by atoms with Crippen LogP contribution in [0.3, 0.4) is 0 Å². The zero-order valence-electron chi connectivity index (χ0n) is 17.5. The van der Waals surface area contributed by atoms with Crippen LogP contribution in [0.1, 0.15) is 17.9 Å². The fourth-order valence-corrected chi connectivity index (χ4v) is 4.72. The molecule has 1 aliphatic carbocycles. The van der Waals surface area contributed by atoms with Crippen LogP contribution < -0.4 is 0 Å². The summed E-state index contributed by atoms with van der Waals surface area (Å²) in [6.45, 7) is 0. The molecule has 0 aromatic heterocycles. The largest absolute Gasteiger partial charge is 0.0836 e. The molecule has 1 aliphatic rings. The molecule has 0 nitrogen and oxygen atoms in total. The molecule has 4 aromatic carbocycles. The van der Waals surface area contributed by atoms with Gasteiger partial charge in [0.15, 0.2) is 0 Å². The minimum atomic E-state index is 0.445. The van der Waals surface area contributed by atoms with Gasteiger partial charge in [-0.3, -0.25) is 0 Å². The fraction of sp³-hybridized carbons (Fsp3) is 0.0667. The standard InChI is InChI=1S/C30H22Br2/c31-29-13-9-22(10-14-29)26-18-27(23-11-15-30(32)16-12-23)20-28(19-26)25-8-4-7-24(17-25)21-5-2-1-3-6-21/h1-5,7-21H,6H2. The second kappa shape index (κ2) is 9.44. The van der Waals surface area contributed by atoms with E-state index in [-0.39, 0.29) is 0 Å². The van der Waals surface area contributed by atoms with E-state index in [9.17, 15) is 0 Å². The van der Waals surface area contributed by atoms with Crippen molar-refractivity contribution in [1.29, 1.82) is 0 Å². The maximum atomic E-state index is 3.56. The van der Waals surface area contributed by atoms with Crippen LogP contribution in [0.2, 0.25) is 0 Å². The van der Waals surface area contributed by atoms with Crippen LogP contribution in [0.25, 0.3) is 33.4 Å². The highest BCUT2D eigenvalue weighted by molar-refractivity contribution is 9.10. The van der Waals surface area contributed by atoms with Gasteiger partial charge in [-0.25, -0.2) is 0 Å². The van der Waals surface area contributed by atoms with Crippen LogP contribution in [-0.2, 0) is 0 Å². The molecule has 2 heteroatoms. The second-order valence-electron chi connectivity index (χ2n) is 8.09. The summed E-state index contributed by atoms with van der Waals surface area (Å²) in [4.78, 5) is 0. The van der Waals surface area contributed by atoms with Crippen LogP contribution in [0, 0.1) is 0 Å². The van der Waals surface area contributed by atoms with E-state index in [1.165, 1.54) is 38.9 Å². The first kappa shape index (κ1) is 21.2. The van der Waals surface area contributed by atoms with Crippen molar-refractivity contribution in [2.75, 3.05) is 0 Å². The lowest BCUT2D eigenvalue weighted by molar-refractivity contribution is 0.854. The van der Waals surface area contributed by atoms with Crippen LogP contribution >= 0.6 is 31.9 Å². The Balaban J connectivity index is 1.63. The summed E-state index contributed by atoms with van der Waals surface area (Å²) in [6.07, 6.45) is 9.89. The molecule has 0 bridgehead atoms. The molecule has 0 saturated carbocycles. The SMILES string of the molecule is Brc1ccc(-c2cc(-c3ccc(Br)cc3)cc(-c3cccc(C4C=CC=CC4)c3)c2)cc1. The highest BCUT2D eigenvalue weighted by Gasteiger charge is 2.12. The molecule has 156 valence electrons. The first-order valence-corrected chi connectivity index (χ1v) is 12.3. The van der Waals surface area contributed by atoms with Crippen molar-refractivity contribution in [2.24, 2.45) is 0 Å². The molecule has 1 unspecified atom stereocenters. The Morgan fingerprint density at radius 1 is 0.531 bits per heavy atom. The number of hydrogen-bond acceptors (Lipinski definition) is 0. The van der Waals surface area contributed by atoms with Gasteiger partial charge in [-0.2, -0.15) is 0 Å². The van der Waals surface area contributed by atoms with Crippen molar-refractivity contribution in [2.45, 2.75) is 12.3 Å². The van der Waals surface area contributed by atoms with E-state index >= 15 is 0 Å². The summed E-state index contributed by atoms with van der Waals surface area (Å²) in [6, 6.07) is 33.0. The molecule has 0 N–H and O–H groups in total. The summed E-state index contributed by atoms with van der Waals surface area (Å²) in [5, 5.41) is 0.